The van der Waals surface area contributed by atoms with Gasteiger partial charge >= 0.3 is 190 Å². The number of halogens is 1. The molecule has 0 spiro atoms. The van der Waals surface area contributed by atoms with Gasteiger partial charge in [0.15, 0.2) is 0 Å². The van der Waals surface area contributed by atoms with Crippen molar-refractivity contribution in [2.75, 3.05) is 52.1 Å². The Bertz CT molecular complexity index is 1030. The van der Waals surface area contributed by atoms with Crippen LogP contribution < -0.4 is 25.0 Å². The molecule has 2 atom stereocenters. The molecule has 0 aliphatic heterocycles. The van der Waals surface area contributed by atoms with Crippen molar-refractivity contribution in [1.82, 2.24) is 5.32 Å². The Morgan fingerprint density at radius 2 is 1.32 bits per heavy atom. The number of esters is 4. The molecule has 1 N–H and O–H groups in total. The Balaban J connectivity index is 5.03. The summed E-state index contributed by atoms with van der Waals surface area (Å²) < 4.78 is 37.7. The average Bonchev–Trinajstić information content (AvgIpc) is 3.02. The maximum absolute atomic E-state index is 12.2. The average molecular weight is 783 g/mol. The molecule has 12 nitrogen and oxygen atoms in total. The van der Waals surface area contributed by atoms with E-state index in [-0.39, 0.29) is 19.3 Å². The number of nitrogens with one attached hydrogen (secondary N) is 1. The van der Waals surface area contributed by atoms with E-state index >= 15 is 0 Å². The van der Waals surface area contributed by atoms with Gasteiger partial charge in [-0.05, 0) is 20.8 Å². The summed E-state index contributed by atoms with van der Waals surface area (Å²) in [4.78, 5) is 46.9. The molecule has 0 aliphatic carbocycles. The van der Waals surface area contributed by atoms with Crippen LogP contribution in [0, 0.1) is 5.92 Å². The molecule has 0 saturated heterocycles. The zero-order valence-electron chi connectivity index (χ0n) is 29.4. The van der Waals surface area contributed by atoms with Crippen molar-refractivity contribution in [1.29, 1.82) is 0 Å². The topological polar surface area (TPSA) is 145 Å². The summed E-state index contributed by atoms with van der Waals surface area (Å²) in [6.07, 6.45) is 16.8. The second kappa shape index (κ2) is 26.4. The fourth-order valence-corrected chi connectivity index (χ4v) is 7.85. The normalized spacial score (nSPS) is 14.1. The third-order valence-corrected chi connectivity index (χ3v) is 12.6. The van der Waals surface area contributed by atoms with Crippen LogP contribution in [0.3, 0.4) is 0 Å². The van der Waals surface area contributed by atoms with Gasteiger partial charge in [0, 0.05) is 24.3 Å². The molecular weight excluding hydrogens is 725 g/mol. The number of rotatable bonds is 26. The molecule has 0 amide bonds. The number of carbonyl (C=O) groups excluding carboxylic acids is 4. The molecule has 0 heterocycles. The number of ether oxygens (including phenoxy) is 4. The van der Waals surface area contributed by atoms with E-state index in [2.05, 4.69) is 11.4 Å². The van der Waals surface area contributed by atoms with E-state index in [9.17, 15) is 19.2 Å². The molecule has 0 aliphatic rings. The number of hydrogen-bond acceptors (Lipinski definition) is 12. The molecule has 0 saturated carbocycles. The molecule has 0 radical (unpaired) electrons. The first-order valence-corrected chi connectivity index (χ1v) is 20.1. The molecule has 0 aromatic rings. The summed E-state index contributed by atoms with van der Waals surface area (Å²) in [5.41, 5.74) is -0.862. The third kappa shape index (κ3) is 23.4. The first-order valence-electron chi connectivity index (χ1n) is 15.9. The van der Waals surface area contributed by atoms with E-state index < -0.39 is 49.2 Å². The van der Waals surface area contributed by atoms with Crippen LogP contribution in [-0.2, 0) is 47.3 Å². The Labute approximate surface area is 286 Å². The van der Waals surface area contributed by atoms with Crippen molar-refractivity contribution in [2.45, 2.75) is 84.8 Å². The van der Waals surface area contributed by atoms with Crippen molar-refractivity contribution >= 4 is 23.9 Å². The zero-order chi connectivity index (χ0) is 35.6. The molecule has 272 valence electrons. The predicted molar refractivity (Wildman–Crippen MR) is 176 cm³/mol. The van der Waals surface area contributed by atoms with Gasteiger partial charge in [0.05, 0.1) is 13.2 Å². The first-order chi connectivity index (χ1) is 22.4. The second-order valence-corrected chi connectivity index (χ2v) is 17.5. The summed E-state index contributed by atoms with van der Waals surface area (Å²) in [6, 6.07) is 0. The van der Waals surface area contributed by atoms with Crippen molar-refractivity contribution < 1.29 is 67.0 Å². The molecule has 0 rings (SSSR count). The van der Waals surface area contributed by atoms with Gasteiger partial charge < -0.3 is 14.2 Å². The number of hydrogen-bond donors (Lipinski definition) is 1. The van der Waals surface area contributed by atoms with Crippen molar-refractivity contribution in [3.63, 3.8) is 0 Å². The maximum atomic E-state index is 12.2. The first kappa shape index (κ1) is 44.4. The van der Waals surface area contributed by atoms with Crippen molar-refractivity contribution in [3.05, 3.63) is 48.6 Å². The third-order valence-electron chi connectivity index (χ3n) is 6.48. The van der Waals surface area contributed by atoms with Crippen molar-refractivity contribution in [2.24, 2.45) is 5.92 Å². The minimum atomic E-state index is -3.04. The van der Waals surface area contributed by atoms with Crippen LogP contribution in [-0.4, -0.2) is 87.6 Å². The minimum absolute atomic E-state index is 0.225. The van der Waals surface area contributed by atoms with Gasteiger partial charge in [-0.2, -0.15) is 0 Å². The van der Waals surface area contributed by atoms with Crippen LogP contribution in [0.25, 0.3) is 0 Å². The van der Waals surface area contributed by atoms with Crippen LogP contribution >= 0.6 is 0 Å². The van der Waals surface area contributed by atoms with Crippen LogP contribution in [0.2, 0.25) is 0 Å². The van der Waals surface area contributed by atoms with Gasteiger partial charge in [0.1, 0.15) is 6.10 Å². The SMILES string of the molecule is CCOC(=O)/C=C/C(=O)OC(C)C/C=C/CCC(C/C=C/C(C)(C)OC(=O)/C=C/C(=O)OCC)CCNCCC[I-](OC)(OC)OC. The van der Waals surface area contributed by atoms with Crippen LogP contribution in [0.1, 0.15) is 73.1 Å². The molecule has 2 unspecified atom stereocenters. The quantitative estimate of drug-likeness (QED) is 0.0261. The summed E-state index contributed by atoms with van der Waals surface area (Å²) in [5.74, 6) is -2.05. The second-order valence-electron chi connectivity index (χ2n) is 10.8. The molecule has 0 bridgehead atoms. The number of alkyl halides is 1. The standard InChI is InChI=1S/C34H57INO11/c1-9-44-30(37)19-21-32(39)46-28(3)16-12-11-13-17-29(23-27-36-26-15-25-35(41-6,42-7)43-8)18-14-24-34(4,5)47-33(40)22-20-31(38)45-10-2/h11-12,14,19-22,24,28-29,36H,9-10,13,15-18,23,25-27H2,1-8H3/q-1/b12-11+,21-19+,22-20+,24-14+. The van der Waals surface area contributed by atoms with E-state index in [1.54, 1.807) is 55.9 Å². The Hall–Kier alpha value is -2.59. The van der Waals surface area contributed by atoms with Gasteiger partial charge in [-0.1, -0.05) is 0 Å². The Kier molecular flexibility index (Phi) is 24.9. The van der Waals surface area contributed by atoms with Crippen LogP contribution in [0.4, 0.5) is 0 Å². The van der Waals surface area contributed by atoms with Gasteiger partial charge in [-0.3, -0.25) is 0 Å². The van der Waals surface area contributed by atoms with Crippen molar-refractivity contribution in [3.8, 4) is 0 Å². The molecule has 0 aromatic heterocycles. The summed E-state index contributed by atoms with van der Waals surface area (Å²) in [6.45, 7) is 10.8. The van der Waals surface area contributed by atoms with E-state index in [0.29, 0.717) is 12.3 Å². The van der Waals surface area contributed by atoms with E-state index in [1.165, 1.54) is 0 Å². The summed E-state index contributed by atoms with van der Waals surface area (Å²) in [7, 11) is 4.89. The Morgan fingerprint density at radius 3 is 1.89 bits per heavy atom. The Morgan fingerprint density at radius 1 is 0.745 bits per heavy atom. The van der Waals surface area contributed by atoms with E-state index in [4.69, 9.17) is 28.1 Å². The zero-order valence-corrected chi connectivity index (χ0v) is 31.6. The fourth-order valence-electron chi connectivity index (χ4n) is 4.13. The monoisotopic (exact) mass is 782 g/mol. The van der Waals surface area contributed by atoms with Gasteiger partial charge in [-0.25, -0.2) is 19.2 Å². The molecular formula is C34H57INO11-. The van der Waals surface area contributed by atoms with Gasteiger partial charge in [0.2, 0.25) is 0 Å². The van der Waals surface area contributed by atoms with Crippen LogP contribution in [0.5, 0.6) is 0 Å². The number of carbonyl (C=O) groups is 4. The number of allylic oxidation sites excluding steroid dienone is 2. The molecule has 47 heavy (non-hydrogen) atoms. The van der Waals surface area contributed by atoms with E-state index in [1.807, 2.05) is 18.2 Å². The van der Waals surface area contributed by atoms with Crippen LogP contribution in [0.15, 0.2) is 48.6 Å². The molecule has 0 aromatic carbocycles. The summed E-state index contributed by atoms with van der Waals surface area (Å²) >= 11 is -3.04. The van der Waals surface area contributed by atoms with Gasteiger partial charge in [-0.15, -0.1) is 0 Å². The predicted octanol–water partition coefficient (Wildman–Crippen LogP) is 1.98. The fraction of sp³-hybridized carbons (Fsp3) is 0.647. The molecule has 13 heteroatoms. The van der Waals surface area contributed by atoms with Gasteiger partial charge in [0.25, 0.3) is 0 Å². The molecule has 0 fully saturated rings. The summed E-state index contributed by atoms with van der Waals surface area (Å²) in [5, 5.41) is 3.51. The van der Waals surface area contributed by atoms with E-state index in [0.717, 1.165) is 73.9 Å².